The van der Waals surface area contributed by atoms with E-state index in [-0.39, 0.29) is 18.0 Å². The lowest BCUT2D eigenvalue weighted by molar-refractivity contribution is -0.117. The summed E-state index contributed by atoms with van der Waals surface area (Å²) in [4.78, 5) is 28.6. The van der Waals surface area contributed by atoms with Crippen molar-refractivity contribution in [3.8, 4) is 0 Å². The first kappa shape index (κ1) is 17.6. The number of nitrogens with one attached hydrogen (secondary N) is 1. The van der Waals surface area contributed by atoms with Crippen LogP contribution in [0.25, 0.3) is 0 Å². The van der Waals surface area contributed by atoms with Crippen LogP contribution in [-0.2, 0) is 4.79 Å². The third kappa shape index (κ3) is 3.54. The zero-order valence-electron chi connectivity index (χ0n) is 15.6. The van der Waals surface area contributed by atoms with E-state index >= 15 is 0 Å². The molecule has 1 N–H and O–H groups in total. The summed E-state index contributed by atoms with van der Waals surface area (Å²) >= 11 is 0. The van der Waals surface area contributed by atoms with Gasteiger partial charge in [0.05, 0.1) is 6.04 Å². The van der Waals surface area contributed by atoms with E-state index in [2.05, 4.69) is 17.4 Å². The molecule has 140 valence electrons. The highest BCUT2D eigenvalue weighted by molar-refractivity contribution is 5.97. The van der Waals surface area contributed by atoms with Crippen molar-refractivity contribution in [2.45, 2.75) is 38.6 Å². The molecule has 2 aliphatic rings. The fraction of sp³-hybridized carbons (Fsp3) is 0.364. The molecule has 0 aromatic heterocycles. The van der Waals surface area contributed by atoms with Gasteiger partial charge in [0.25, 0.3) is 0 Å². The Morgan fingerprint density at radius 1 is 1.07 bits per heavy atom. The Morgan fingerprint density at radius 3 is 2.59 bits per heavy atom. The average Bonchev–Trinajstić information content (AvgIpc) is 3.32. The van der Waals surface area contributed by atoms with Gasteiger partial charge in [-0.05, 0) is 55.5 Å². The molecule has 0 saturated carbocycles. The van der Waals surface area contributed by atoms with E-state index < -0.39 is 0 Å². The summed E-state index contributed by atoms with van der Waals surface area (Å²) in [5, 5.41) is 3.04. The van der Waals surface area contributed by atoms with Gasteiger partial charge in [0.1, 0.15) is 0 Å². The van der Waals surface area contributed by atoms with Crippen LogP contribution in [-0.4, -0.2) is 29.9 Å². The number of anilines is 2. The summed E-state index contributed by atoms with van der Waals surface area (Å²) < 4.78 is 0. The lowest BCUT2D eigenvalue weighted by Crippen LogP contribution is -2.34. The molecule has 2 heterocycles. The highest BCUT2D eigenvalue weighted by Gasteiger charge is 2.30. The Morgan fingerprint density at radius 2 is 1.89 bits per heavy atom. The largest absolute Gasteiger partial charge is 0.322 e. The minimum absolute atomic E-state index is 0.0641. The van der Waals surface area contributed by atoms with Gasteiger partial charge < -0.3 is 15.1 Å². The van der Waals surface area contributed by atoms with Crippen LogP contribution in [0.3, 0.4) is 0 Å². The number of benzene rings is 2. The fourth-order valence-electron chi connectivity index (χ4n) is 4.17. The van der Waals surface area contributed by atoms with E-state index in [0.717, 1.165) is 49.3 Å². The molecule has 0 spiro atoms. The lowest BCUT2D eigenvalue weighted by Gasteiger charge is -2.26. The molecule has 2 aromatic carbocycles. The molecule has 2 fully saturated rings. The Hall–Kier alpha value is -2.82. The second-order valence-electron chi connectivity index (χ2n) is 7.34. The van der Waals surface area contributed by atoms with E-state index in [9.17, 15) is 9.59 Å². The van der Waals surface area contributed by atoms with E-state index in [1.807, 2.05) is 53.1 Å². The third-order valence-electron chi connectivity index (χ3n) is 5.51. The predicted octanol–water partition coefficient (Wildman–Crippen LogP) is 4.49. The Balaban J connectivity index is 1.48. The van der Waals surface area contributed by atoms with Crippen LogP contribution in [0.4, 0.5) is 16.2 Å². The molecule has 2 aliphatic heterocycles. The van der Waals surface area contributed by atoms with Crippen molar-refractivity contribution in [2.75, 3.05) is 23.3 Å². The van der Waals surface area contributed by atoms with E-state index in [0.29, 0.717) is 6.42 Å². The molecule has 1 atom stereocenters. The summed E-state index contributed by atoms with van der Waals surface area (Å²) in [6.07, 6.45) is 3.54. The summed E-state index contributed by atoms with van der Waals surface area (Å²) in [6.45, 7) is 3.53. The highest BCUT2D eigenvalue weighted by Crippen LogP contribution is 2.33. The monoisotopic (exact) mass is 363 g/mol. The first-order valence-electron chi connectivity index (χ1n) is 9.67. The molecule has 0 bridgehead atoms. The molecule has 2 saturated heterocycles. The van der Waals surface area contributed by atoms with Crippen LogP contribution in [0.15, 0.2) is 48.5 Å². The molecule has 1 unspecified atom stereocenters. The number of rotatable bonds is 3. The molecule has 2 aromatic rings. The van der Waals surface area contributed by atoms with Gasteiger partial charge in [-0.2, -0.15) is 0 Å². The standard InChI is InChI=1S/C22H25N3O2/c1-16-15-18(11-12-19(16)24-13-6-10-21(24)26)23-22(27)25-14-5-9-20(25)17-7-3-2-4-8-17/h2-4,7-8,11-12,15,20H,5-6,9-10,13-14H2,1H3,(H,23,27). The zero-order chi connectivity index (χ0) is 18.8. The second-order valence-corrected chi connectivity index (χ2v) is 7.34. The number of likely N-dealkylation sites (tertiary alicyclic amines) is 1. The van der Waals surface area contributed by atoms with E-state index in [1.54, 1.807) is 0 Å². The molecule has 0 aliphatic carbocycles. The molecule has 27 heavy (non-hydrogen) atoms. The van der Waals surface area contributed by atoms with Crippen molar-refractivity contribution < 1.29 is 9.59 Å². The summed E-state index contributed by atoms with van der Waals surface area (Å²) in [7, 11) is 0. The SMILES string of the molecule is Cc1cc(NC(=O)N2CCCC2c2ccccc2)ccc1N1CCCC1=O. The predicted molar refractivity (Wildman–Crippen MR) is 107 cm³/mol. The van der Waals surface area contributed by atoms with Gasteiger partial charge in [0.15, 0.2) is 0 Å². The van der Waals surface area contributed by atoms with Crippen LogP contribution < -0.4 is 10.2 Å². The minimum Gasteiger partial charge on any atom is -0.317 e. The van der Waals surface area contributed by atoms with E-state index in [4.69, 9.17) is 0 Å². The van der Waals surface area contributed by atoms with Gasteiger partial charge >= 0.3 is 6.03 Å². The molecular weight excluding hydrogens is 338 g/mol. The quantitative estimate of drug-likeness (QED) is 0.873. The maximum atomic E-state index is 12.9. The Labute approximate surface area is 160 Å². The molecule has 5 nitrogen and oxygen atoms in total. The first-order valence-corrected chi connectivity index (χ1v) is 9.67. The van der Waals surface area contributed by atoms with Crippen LogP contribution in [0.1, 0.15) is 42.9 Å². The van der Waals surface area contributed by atoms with Gasteiger partial charge in [-0.25, -0.2) is 4.79 Å². The number of urea groups is 1. The smallest absolute Gasteiger partial charge is 0.317 e. The number of amides is 3. The topological polar surface area (TPSA) is 52.7 Å². The Kier molecular flexibility index (Phi) is 4.84. The molecule has 4 rings (SSSR count). The minimum atomic E-state index is -0.0641. The van der Waals surface area contributed by atoms with Crippen molar-refractivity contribution in [3.63, 3.8) is 0 Å². The maximum absolute atomic E-state index is 12.9. The number of carbonyl (C=O) groups excluding carboxylic acids is 2. The third-order valence-corrected chi connectivity index (χ3v) is 5.51. The van der Waals surface area contributed by atoms with Crippen molar-refractivity contribution >= 4 is 23.3 Å². The number of aryl methyl sites for hydroxylation is 1. The summed E-state index contributed by atoms with van der Waals surface area (Å²) in [5.74, 6) is 0.178. The number of hydrogen-bond acceptors (Lipinski definition) is 2. The van der Waals surface area contributed by atoms with Gasteiger partial charge in [0.2, 0.25) is 5.91 Å². The van der Waals surface area contributed by atoms with Crippen molar-refractivity contribution in [3.05, 3.63) is 59.7 Å². The van der Waals surface area contributed by atoms with Gasteiger partial charge in [-0.15, -0.1) is 0 Å². The normalized spacial score (nSPS) is 19.6. The van der Waals surface area contributed by atoms with Crippen molar-refractivity contribution in [1.29, 1.82) is 0 Å². The van der Waals surface area contributed by atoms with Gasteiger partial charge in [0, 0.05) is 30.9 Å². The van der Waals surface area contributed by atoms with Crippen LogP contribution in [0.5, 0.6) is 0 Å². The van der Waals surface area contributed by atoms with Crippen molar-refractivity contribution in [1.82, 2.24) is 4.90 Å². The van der Waals surface area contributed by atoms with Crippen LogP contribution in [0, 0.1) is 6.92 Å². The fourth-order valence-corrected chi connectivity index (χ4v) is 4.17. The highest BCUT2D eigenvalue weighted by atomic mass is 16.2. The molecule has 3 amide bonds. The van der Waals surface area contributed by atoms with Gasteiger partial charge in [-0.1, -0.05) is 30.3 Å². The van der Waals surface area contributed by atoms with Crippen molar-refractivity contribution in [2.24, 2.45) is 0 Å². The number of nitrogens with zero attached hydrogens (tertiary/aromatic N) is 2. The number of hydrogen-bond donors (Lipinski definition) is 1. The molecule has 0 radical (unpaired) electrons. The lowest BCUT2D eigenvalue weighted by atomic mass is 10.1. The average molecular weight is 363 g/mol. The molecular formula is C22H25N3O2. The van der Waals surface area contributed by atoms with Gasteiger partial charge in [-0.3, -0.25) is 4.79 Å². The Bertz CT molecular complexity index is 850. The number of carbonyl (C=O) groups is 2. The zero-order valence-corrected chi connectivity index (χ0v) is 15.6. The van der Waals surface area contributed by atoms with Crippen LogP contribution in [0.2, 0.25) is 0 Å². The summed E-state index contributed by atoms with van der Waals surface area (Å²) in [5.41, 5.74) is 3.90. The summed E-state index contributed by atoms with van der Waals surface area (Å²) in [6, 6.07) is 16.1. The molecule has 5 heteroatoms. The maximum Gasteiger partial charge on any atom is 0.322 e. The van der Waals surface area contributed by atoms with Crippen LogP contribution >= 0.6 is 0 Å². The van der Waals surface area contributed by atoms with E-state index in [1.165, 1.54) is 5.56 Å². The second kappa shape index (κ2) is 7.43. The first-order chi connectivity index (χ1) is 13.1.